The summed E-state index contributed by atoms with van der Waals surface area (Å²) in [7, 11) is 0. The third kappa shape index (κ3) is 4.62. The van der Waals surface area contributed by atoms with Crippen molar-refractivity contribution in [3.05, 3.63) is 90.0 Å². The highest BCUT2D eigenvalue weighted by Crippen LogP contribution is 2.23. The Hall–Kier alpha value is -3.31. The first-order chi connectivity index (χ1) is 12.6. The van der Waals surface area contributed by atoms with Gasteiger partial charge in [0.25, 0.3) is 0 Å². The third-order valence-electron chi connectivity index (χ3n) is 3.89. The number of nitrogens with two attached hydrogens (primary N) is 1. The average molecular weight is 347 g/mol. The highest BCUT2D eigenvalue weighted by atomic mass is 16.5. The quantitative estimate of drug-likeness (QED) is 0.566. The molecule has 3 aromatic rings. The van der Waals surface area contributed by atoms with Crippen molar-refractivity contribution in [2.75, 3.05) is 5.43 Å². The van der Waals surface area contributed by atoms with Gasteiger partial charge in [-0.15, -0.1) is 0 Å². The van der Waals surface area contributed by atoms with E-state index in [0.29, 0.717) is 0 Å². The summed E-state index contributed by atoms with van der Waals surface area (Å²) in [5, 5.41) is 0. The van der Waals surface area contributed by atoms with Crippen molar-refractivity contribution in [1.29, 1.82) is 0 Å². The van der Waals surface area contributed by atoms with Crippen LogP contribution < -0.4 is 21.3 Å². The Labute approximate surface area is 152 Å². The number of hydrazine groups is 1. The average Bonchev–Trinajstić information content (AvgIpc) is 2.66. The summed E-state index contributed by atoms with van der Waals surface area (Å²) < 4.78 is 5.80. The first-order valence-electron chi connectivity index (χ1n) is 8.32. The standard InChI is InChI=1S/C21H21N3O2/c1-15-7-11-18(12-8-15)26-19-13-9-17(10-14-19)23-24-20(21(22)25)16-5-3-2-4-6-16/h2-14,20,23-24H,1H3,(H2,22,25). The van der Waals surface area contributed by atoms with Crippen molar-refractivity contribution in [2.45, 2.75) is 13.0 Å². The minimum atomic E-state index is -0.625. The summed E-state index contributed by atoms with van der Waals surface area (Å²) in [4.78, 5) is 11.7. The fourth-order valence-corrected chi connectivity index (χ4v) is 2.47. The van der Waals surface area contributed by atoms with Crippen LogP contribution in [0.4, 0.5) is 5.69 Å². The predicted molar refractivity (Wildman–Crippen MR) is 103 cm³/mol. The largest absolute Gasteiger partial charge is 0.457 e. The Balaban J connectivity index is 1.61. The van der Waals surface area contributed by atoms with Gasteiger partial charge in [0.2, 0.25) is 5.91 Å². The normalized spacial score (nSPS) is 11.6. The highest BCUT2D eigenvalue weighted by Gasteiger charge is 2.16. The van der Waals surface area contributed by atoms with Crippen LogP contribution in [0, 0.1) is 6.92 Å². The number of hydrogen-bond acceptors (Lipinski definition) is 4. The van der Waals surface area contributed by atoms with Crippen LogP contribution in [-0.2, 0) is 4.79 Å². The van der Waals surface area contributed by atoms with E-state index in [9.17, 15) is 4.79 Å². The first kappa shape index (κ1) is 17.5. The maximum Gasteiger partial charge on any atom is 0.240 e. The number of carbonyl (C=O) groups is 1. The first-order valence-corrected chi connectivity index (χ1v) is 8.32. The molecule has 0 fully saturated rings. The summed E-state index contributed by atoms with van der Waals surface area (Å²) in [6.07, 6.45) is 0. The minimum absolute atomic E-state index is 0.456. The molecular weight excluding hydrogens is 326 g/mol. The second-order valence-electron chi connectivity index (χ2n) is 5.95. The molecule has 1 unspecified atom stereocenters. The number of aryl methyl sites for hydroxylation is 1. The van der Waals surface area contributed by atoms with Gasteiger partial charge in [-0.05, 0) is 48.9 Å². The van der Waals surface area contributed by atoms with Crippen LogP contribution in [0.5, 0.6) is 11.5 Å². The summed E-state index contributed by atoms with van der Waals surface area (Å²) in [5.74, 6) is 1.06. The Kier molecular flexibility index (Phi) is 5.51. The molecule has 1 amide bonds. The van der Waals surface area contributed by atoms with Crippen LogP contribution in [0.15, 0.2) is 78.9 Å². The second-order valence-corrected chi connectivity index (χ2v) is 5.95. The van der Waals surface area contributed by atoms with Crippen LogP contribution in [-0.4, -0.2) is 5.91 Å². The molecular formula is C21H21N3O2. The van der Waals surface area contributed by atoms with E-state index in [4.69, 9.17) is 10.5 Å². The SMILES string of the molecule is Cc1ccc(Oc2ccc(NNC(C(N)=O)c3ccccc3)cc2)cc1. The zero-order valence-corrected chi connectivity index (χ0v) is 14.5. The van der Waals surface area contributed by atoms with Crippen LogP contribution in [0.25, 0.3) is 0 Å². The van der Waals surface area contributed by atoms with Crippen molar-refractivity contribution in [3.8, 4) is 11.5 Å². The van der Waals surface area contributed by atoms with E-state index in [1.54, 1.807) is 0 Å². The number of nitrogens with one attached hydrogen (secondary N) is 2. The van der Waals surface area contributed by atoms with E-state index in [1.807, 2.05) is 85.8 Å². The molecule has 5 heteroatoms. The van der Waals surface area contributed by atoms with Gasteiger partial charge < -0.3 is 15.9 Å². The van der Waals surface area contributed by atoms with Gasteiger partial charge in [-0.25, -0.2) is 5.43 Å². The lowest BCUT2D eigenvalue weighted by molar-refractivity contribution is -0.120. The van der Waals surface area contributed by atoms with Gasteiger partial charge in [0.05, 0.1) is 0 Å². The zero-order chi connectivity index (χ0) is 18.4. The van der Waals surface area contributed by atoms with E-state index in [2.05, 4.69) is 10.9 Å². The van der Waals surface area contributed by atoms with Gasteiger partial charge in [-0.2, -0.15) is 0 Å². The fraction of sp³-hybridized carbons (Fsp3) is 0.0952. The van der Waals surface area contributed by atoms with Crippen LogP contribution in [0.3, 0.4) is 0 Å². The van der Waals surface area contributed by atoms with Crippen molar-refractivity contribution < 1.29 is 9.53 Å². The number of ether oxygens (including phenoxy) is 1. The lowest BCUT2D eigenvalue weighted by atomic mass is 10.1. The zero-order valence-electron chi connectivity index (χ0n) is 14.5. The molecule has 0 spiro atoms. The lowest BCUT2D eigenvalue weighted by Gasteiger charge is -2.17. The second kappa shape index (κ2) is 8.18. The van der Waals surface area contributed by atoms with Crippen molar-refractivity contribution >= 4 is 11.6 Å². The smallest absolute Gasteiger partial charge is 0.240 e. The summed E-state index contributed by atoms with van der Waals surface area (Å²) in [6, 6.07) is 24.0. The number of carbonyl (C=O) groups excluding carboxylic acids is 1. The molecule has 0 saturated carbocycles. The molecule has 3 rings (SSSR count). The number of rotatable bonds is 7. The van der Waals surface area contributed by atoms with E-state index in [-0.39, 0.29) is 0 Å². The number of benzene rings is 3. The van der Waals surface area contributed by atoms with Gasteiger partial charge in [-0.3, -0.25) is 4.79 Å². The molecule has 3 aromatic carbocycles. The Bertz CT molecular complexity index is 847. The van der Waals surface area contributed by atoms with Crippen LogP contribution >= 0.6 is 0 Å². The molecule has 0 aliphatic carbocycles. The topological polar surface area (TPSA) is 76.4 Å². The molecule has 0 aliphatic rings. The molecule has 0 heterocycles. The van der Waals surface area contributed by atoms with E-state index < -0.39 is 11.9 Å². The van der Waals surface area contributed by atoms with Crippen molar-refractivity contribution in [2.24, 2.45) is 5.73 Å². The van der Waals surface area contributed by atoms with Crippen molar-refractivity contribution in [3.63, 3.8) is 0 Å². The molecule has 0 aliphatic heterocycles. The van der Waals surface area contributed by atoms with Gasteiger partial charge in [0.15, 0.2) is 0 Å². The lowest BCUT2D eigenvalue weighted by Crippen LogP contribution is -2.36. The molecule has 0 bridgehead atoms. The summed E-state index contributed by atoms with van der Waals surface area (Å²) in [5.41, 5.74) is 14.2. The van der Waals surface area contributed by atoms with E-state index >= 15 is 0 Å². The minimum Gasteiger partial charge on any atom is -0.457 e. The fourth-order valence-electron chi connectivity index (χ4n) is 2.47. The van der Waals surface area contributed by atoms with Crippen molar-refractivity contribution in [1.82, 2.24) is 5.43 Å². The molecule has 5 nitrogen and oxygen atoms in total. The van der Waals surface area contributed by atoms with Crippen LogP contribution in [0.1, 0.15) is 17.2 Å². The molecule has 132 valence electrons. The van der Waals surface area contributed by atoms with Gasteiger partial charge in [-0.1, -0.05) is 48.0 Å². The Morgan fingerprint density at radius 1 is 0.885 bits per heavy atom. The number of primary amides is 1. The van der Waals surface area contributed by atoms with Gasteiger partial charge in [0, 0.05) is 5.69 Å². The maximum atomic E-state index is 11.7. The number of anilines is 1. The number of hydrogen-bond donors (Lipinski definition) is 3. The van der Waals surface area contributed by atoms with Crippen LogP contribution in [0.2, 0.25) is 0 Å². The monoisotopic (exact) mass is 347 g/mol. The third-order valence-corrected chi connectivity index (χ3v) is 3.89. The number of amides is 1. The Morgan fingerprint density at radius 2 is 1.46 bits per heavy atom. The summed E-state index contributed by atoms with van der Waals surface area (Å²) in [6.45, 7) is 2.03. The molecule has 0 aromatic heterocycles. The molecule has 4 N–H and O–H groups in total. The summed E-state index contributed by atoms with van der Waals surface area (Å²) >= 11 is 0. The Morgan fingerprint density at radius 3 is 2.04 bits per heavy atom. The predicted octanol–water partition coefficient (Wildman–Crippen LogP) is 3.93. The molecule has 1 atom stereocenters. The molecule has 0 saturated heterocycles. The molecule has 0 radical (unpaired) electrons. The maximum absolute atomic E-state index is 11.7. The van der Waals surface area contributed by atoms with E-state index in [0.717, 1.165) is 22.7 Å². The molecule has 26 heavy (non-hydrogen) atoms. The van der Waals surface area contributed by atoms with E-state index in [1.165, 1.54) is 5.56 Å². The highest BCUT2D eigenvalue weighted by molar-refractivity contribution is 5.81. The van der Waals surface area contributed by atoms with Gasteiger partial charge >= 0.3 is 0 Å². The van der Waals surface area contributed by atoms with Gasteiger partial charge in [0.1, 0.15) is 17.5 Å².